The highest BCUT2D eigenvalue weighted by atomic mass is 16.3. The third kappa shape index (κ3) is 3.44. The van der Waals surface area contributed by atoms with Crippen molar-refractivity contribution in [2.45, 2.75) is 118 Å². The highest BCUT2D eigenvalue weighted by Crippen LogP contribution is 2.87. The zero-order chi connectivity index (χ0) is 28.3. The first-order valence-corrected chi connectivity index (χ1v) is 16.5. The Kier molecular flexibility index (Phi) is 6.53. The molecule has 5 heteroatoms. The van der Waals surface area contributed by atoms with Crippen molar-refractivity contribution in [1.82, 2.24) is 10.2 Å². The van der Waals surface area contributed by atoms with Gasteiger partial charge in [0.25, 0.3) is 0 Å². The Morgan fingerprint density at radius 3 is 2.46 bits per heavy atom. The summed E-state index contributed by atoms with van der Waals surface area (Å²) in [6.07, 6.45) is 8.41. The van der Waals surface area contributed by atoms with Crippen molar-refractivity contribution in [3.05, 3.63) is 0 Å². The SMILES string of the molecule is CCC(C)C1=NCC(C2CC[C@]34C[C@]35C(=O)C[C@]3(C)[C@@H]([C@H](C)N(C)C)[C@H](O)C[C@@]3(C)[C@@H]5CC[C@H]4[C@H]2C)C(C)N1. The van der Waals surface area contributed by atoms with Crippen molar-refractivity contribution in [2.75, 3.05) is 20.6 Å². The molecule has 39 heavy (non-hydrogen) atoms. The molecule has 1 aliphatic heterocycles. The van der Waals surface area contributed by atoms with Crippen LogP contribution in [0.2, 0.25) is 0 Å². The summed E-state index contributed by atoms with van der Waals surface area (Å²) < 4.78 is 0. The standard InChI is InChI=1S/C34H57N3O2/c1-10-19(2)30-35-17-24(21(4)36-30)23-13-14-33-18-34(33)27(12-11-25(33)20(23)3)31(6)15-26(38)29(22(5)37(8)9)32(31,7)16-28(34)39/h19-27,29,38H,10-18H2,1-9H3,(H,35,36)/t19?,20-,21?,22-,23?,24?,25-,26+,27-,29-,31-,32+,33+,34-/m0/s1. The molecule has 0 radical (unpaired) electrons. The number of aliphatic imine (C=N–C) groups is 1. The molecule has 5 aliphatic carbocycles. The molecule has 2 N–H and O–H groups in total. The van der Waals surface area contributed by atoms with Gasteiger partial charge in [-0.1, -0.05) is 34.6 Å². The Balaban J connectivity index is 1.27. The van der Waals surface area contributed by atoms with Crippen LogP contribution in [0.1, 0.15) is 99.8 Å². The summed E-state index contributed by atoms with van der Waals surface area (Å²) in [4.78, 5) is 21.9. The van der Waals surface area contributed by atoms with E-state index >= 15 is 0 Å². The maximum Gasteiger partial charge on any atom is 0.140 e. The van der Waals surface area contributed by atoms with Gasteiger partial charge >= 0.3 is 0 Å². The molecule has 4 unspecified atom stereocenters. The second-order valence-corrected chi connectivity index (χ2v) is 16.2. The summed E-state index contributed by atoms with van der Waals surface area (Å²) in [6, 6.07) is 0.743. The van der Waals surface area contributed by atoms with Gasteiger partial charge in [0, 0.05) is 48.2 Å². The molecule has 0 bridgehead atoms. The molecule has 0 aromatic carbocycles. The van der Waals surface area contributed by atoms with Gasteiger partial charge in [-0.2, -0.15) is 0 Å². The fourth-order valence-electron chi connectivity index (χ4n) is 12.4. The van der Waals surface area contributed by atoms with Gasteiger partial charge in [0.1, 0.15) is 5.78 Å². The first kappa shape index (κ1) is 28.2. The number of hydrogen-bond donors (Lipinski definition) is 2. The molecule has 6 aliphatic rings. The molecule has 5 fully saturated rings. The summed E-state index contributed by atoms with van der Waals surface area (Å²) in [5.41, 5.74) is 0.0153. The Morgan fingerprint density at radius 1 is 1.10 bits per heavy atom. The zero-order valence-electron chi connectivity index (χ0n) is 26.4. The zero-order valence-corrected chi connectivity index (χ0v) is 26.4. The molecule has 14 atom stereocenters. The van der Waals surface area contributed by atoms with E-state index < -0.39 is 0 Å². The normalized spacial score (nSPS) is 54.0. The summed E-state index contributed by atoms with van der Waals surface area (Å²) in [6.45, 7) is 17.6. The number of ketones is 1. The van der Waals surface area contributed by atoms with Gasteiger partial charge in [-0.15, -0.1) is 0 Å². The van der Waals surface area contributed by atoms with Crippen molar-refractivity contribution in [1.29, 1.82) is 0 Å². The van der Waals surface area contributed by atoms with E-state index in [2.05, 4.69) is 72.8 Å². The Hall–Kier alpha value is -0.940. The van der Waals surface area contributed by atoms with Crippen molar-refractivity contribution >= 4 is 11.6 Å². The fraction of sp³-hybridized carbons (Fsp3) is 0.941. The Bertz CT molecular complexity index is 1040. The predicted octanol–water partition coefficient (Wildman–Crippen LogP) is 5.80. The van der Waals surface area contributed by atoms with E-state index in [0.717, 1.165) is 25.8 Å². The smallest absolute Gasteiger partial charge is 0.140 e. The number of carbonyl (C=O) groups excluding carboxylic acids is 1. The van der Waals surface area contributed by atoms with Crippen molar-refractivity contribution < 1.29 is 9.90 Å². The van der Waals surface area contributed by atoms with Crippen LogP contribution in [-0.2, 0) is 4.79 Å². The van der Waals surface area contributed by atoms with Crippen molar-refractivity contribution in [3.63, 3.8) is 0 Å². The lowest BCUT2D eigenvalue weighted by Crippen LogP contribution is -2.60. The maximum atomic E-state index is 14.5. The number of aliphatic hydroxyl groups is 1. The molecular formula is C34H57N3O2. The maximum absolute atomic E-state index is 14.5. The van der Waals surface area contributed by atoms with E-state index in [1.54, 1.807) is 0 Å². The highest BCUT2D eigenvalue weighted by molar-refractivity contribution is 5.92. The van der Waals surface area contributed by atoms with Gasteiger partial charge in [-0.3, -0.25) is 9.79 Å². The second-order valence-electron chi connectivity index (χ2n) is 16.2. The van der Waals surface area contributed by atoms with Gasteiger partial charge in [0.2, 0.25) is 0 Å². The van der Waals surface area contributed by atoms with Crippen molar-refractivity contribution in [3.8, 4) is 0 Å². The molecule has 2 spiro atoms. The minimum absolute atomic E-state index is 0.0344. The van der Waals surface area contributed by atoms with Crippen molar-refractivity contribution in [2.24, 2.45) is 68.1 Å². The van der Waals surface area contributed by atoms with E-state index in [0.29, 0.717) is 53.8 Å². The summed E-state index contributed by atoms with van der Waals surface area (Å²) in [5, 5.41) is 15.3. The monoisotopic (exact) mass is 539 g/mol. The van der Waals surface area contributed by atoms with Crippen LogP contribution in [0.5, 0.6) is 0 Å². The Labute approximate surface area is 238 Å². The third-order valence-electron chi connectivity index (χ3n) is 15.0. The molecule has 220 valence electrons. The number of nitrogens with one attached hydrogen (secondary N) is 1. The minimum Gasteiger partial charge on any atom is -0.393 e. The number of Topliss-reactive ketones (excluding diaryl/α,β-unsaturated/α-hetero) is 1. The number of rotatable bonds is 5. The number of aliphatic hydroxyl groups excluding tert-OH is 1. The van der Waals surface area contributed by atoms with Crippen LogP contribution < -0.4 is 5.32 Å². The Morgan fingerprint density at radius 2 is 1.82 bits per heavy atom. The van der Waals surface area contributed by atoms with Gasteiger partial charge in [0.15, 0.2) is 0 Å². The van der Waals surface area contributed by atoms with Gasteiger partial charge < -0.3 is 15.3 Å². The van der Waals surface area contributed by atoms with Crippen LogP contribution in [0.3, 0.4) is 0 Å². The van der Waals surface area contributed by atoms with Crippen LogP contribution >= 0.6 is 0 Å². The molecule has 0 aromatic rings. The number of nitrogens with zero attached hydrogens (tertiary/aromatic N) is 2. The first-order valence-electron chi connectivity index (χ1n) is 16.5. The fourth-order valence-corrected chi connectivity index (χ4v) is 12.4. The third-order valence-corrected chi connectivity index (χ3v) is 15.0. The van der Waals surface area contributed by atoms with E-state index in [1.165, 1.54) is 31.5 Å². The molecular weight excluding hydrogens is 482 g/mol. The molecule has 0 saturated heterocycles. The highest BCUT2D eigenvalue weighted by Gasteiger charge is 2.85. The lowest BCUT2D eigenvalue weighted by atomic mass is 9.42. The van der Waals surface area contributed by atoms with Crippen LogP contribution in [0.4, 0.5) is 0 Å². The van der Waals surface area contributed by atoms with Gasteiger partial charge in [-0.05, 0) is 113 Å². The summed E-state index contributed by atoms with van der Waals surface area (Å²) in [7, 11) is 4.26. The number of fused-ring (bicyclic) bond motifs is 2. The molecule has 0 amide bonds. The largest absolute Gasteiger partial charge is 0.393 e. The lowest BCUT2D eigenvalue weighted by Gasteiger charge is -2.61. The topological polar surface area (TPSA) is 64.9 Å². The molecule has 1 heterocycles. The number of carbonyl (C=O) groups is 1. The van der Waals surface area contributed by atoms with E-state index in [4.69, 9.17) is 4.99 Å². The average molecular weight is 540 g/mol. The number of hydrogen-bond acceptors (Lipinski definition) is 5. The minimum atomic E-state index is -0.316. The predicted molar refractivity (Wildman–Crippen MR) is 159 cm³/mol. The summed E-state index contributed by atoms with van der Waals surface area (Å²) >= 11 is 0. The molecule has 0 aromatic heterocycles. The lowest BCUT2D eigenvalue weighted by molar-refractivity contribution is -0.167. The van der Waals surface area contributed by atoms with E-state index in [9.17, 15) is 9.90 Å². The number of amidine groups is 1. The summed E-state index contributed by atoms with van der Waals surface area (Å²) in [5.74, 6) is 5.50. The average Bonchev–Trinajstić information content (AvgIpc) is 3.52. The van der Waals surface area contributed by atoms with Crippen LogP contribution in [-0.4, -0.2) is 60.5 Å². The first-order chi connectivity index (χ1) is 18.3. The molecule has 5 nitrogen and oxygen atoms in total. The second kappa shape index (κ2) is 9.03. The van der Waals surface area contributed by atoms with Crippen LogP contribution in [0, 0.1) is 63.1 Å². The van der Waals surface area contributed by atoms with E-state index in [1.807, 2.05) is 0 Å². The van der Waals surface area contributed by atoms with Crippen LogP contribution in [0.25, 0.3) is 0 Å². The van der Waals surface area contributed by atoms with Crippen LogP contribution in [0.15, 0.2) is 4.99 Å². The van der Waals surface area contributed by atoms with Gasteiger partial charge in [-0.25, -0.2) is 0 Å². The quantitative estimate of drug-likeness (QED) is 0.463. The molecule has 5 saturated carbocycles. The molecule has 6 rings (SSSR count). The van der Waals surface area contributed by atoms with Gasteiger partial charge in [0.05, 0.1) is 11.9 Å². The van der Waals surface area contributed by atoms with E-state index in [-0.39, 0.29) is 39.7 Å².